The van der Waals surface area contributed by atoms with Crippen LogP contribution in [0, 0.1) is 13.8 Å². The molecule has 6 nitrogen and oxygen atoms in total. The number of benzene rings is 1. The van der Waals surface area contributed by atoms with Crippen LogP contribution in [0.5, 0.6) is 0 Å². The molecule has 0 spiro atoms. The normalized spacial score (nSPS) is 14.6. The fourth-order valence-corrected chi connectivity index (χ4v) is 4.92. The lowest BCUT2D eigenvalue weighted by Gasteiger charge is -2.35. The maximum Gasteiger partial charge on any atom is 0.254 e. The smallest absolute Gasteiger partial charge is 0.254 e. The highest BCUT2D eigenvalue weighted by molar-refractivity contribution is 5.99. The van der Waals surface area contributed by atoms with E-state index in [1.165, 1.54) is 16.7 Å². The number of hydrogen-bond donors (Lipinski definition) is 1. The van der Waals surface area contributed by atoms with Crippen LogP contribution in [0.4, 0.5) is 0 Å². The maximum atomic E-state index is 13.8. The first kappa shape index (κ1) is 22.3. The molecule has 1 aromatic carbocycles. The Morgan fingerprint density at radius 1 is 1.09 bits per heavy atom. The summed E-state index contributed by atoms with van der Waals surface area (Å²) < 4.78 is 0. The van der Waals surface area contributed by atoms with Gasteiger partial charge in [0.2, 0.25) is 0 Å². The van der Waals surface area contributed by atoms with Gasteiger partial charge >= 0.3 is 0 Å². The minimum atomic E-state index is -0.0322. The van der Waals surface area contributed by atoms with E-state index in [0.717, 1.165) is 51.9 Å². The number of fused-ring (bicyclic) bond motifs is 2. The number of amides is 1. The molecule has 1 aliphatic rings. The molecule has 1 aliphatic heterocycles. The molecule has 1 N–H and O–H groups in total. The fraction of sp³-hybridized carbons (Fsp3) is 0.321. The first-order chi connectivity index (χ1) is 16.3. The van der Waals surface area contributed by atoms with Crippen molar-refractivity contribution in [2.45, 2.75) is 39.8 Å². The summed E-state index contributed by atoms with van der Waals surface area (Å²) in [5.41, 5.74) is 9.33. The predicted octanol–water partition coefficient (Wildman–Crippen LogP) is 5.06. The van der Waals surface area contributed by atoms with Crippen molar-refractivity contribution in [3.05, 3.63) is 82.4 Å². The second-order valence-corrected chi connectivity index (χ2v) is 9.65. The van der Waals surface area contributed by atoms with Crippen molar-refractivity contribution < 1.29 is 4.79 Å². The summed E-state index contributed by atoms with van der Waals surface area (Å²) in [5, 5.41) is 1.11. The second-order valence-electron chi connectivity index (χ2n) is 9.65. The molecule has 0 aliphatic carbocycles. The van der Waals surface area contributed by atoms with Crippen molar-refractivity contribution in [1.82, 2.24) is 24.8 Å². The predicted molar refractivity (Wildman–Crippen MR) is 136 cm³/mol. The second kappa shape index (κ2) is 8.69. The van der Waals surface area contributed by atoms with E-state index in [1.54, 1.807) is 0 Å². The molecular formula is C28H31N5O. The molecule has 4 aromatic rings. The highest BCUT2D eigenvalue weighted by atomic mass is 16.2. The number of hydrogen-bond acceptors (Lipinski definition) is 4. The zero-order valence-electron chi connectivity index (χ0n) is 20.5. The van der Waals surface area contributed by atoms with Crippen LogP contribution in [0.15, 0.2) is 48.9 Å². The molecule has 5 rings (SSSR count). The summed E-state index contributed by atoms with van der Waals surface area (Å²) in [6.07, 6.45) is 6.61. The van der Waals surface area contributed by atoms with Crippen LogP contribution in [0.25, 0.3) is 22.2 Å². The summed E-state index contributed by atoms with van der Waals surface area (Å²) in [6, 6.07) is 10.5. The Balaban J connectivity index is 1.58. The first-order valence-corrected chi connectivity index (χ1v) is 11.8. The number of aromatic amines is 1. The molecular weight excluding hydrogens is 422 g/mol. The van der Waals surface area contributed by atoms with E-state index in [9.17, 15) is 4.79 Å². The topological polar surface area (TPSA) is 65.1 Å². The Morgan fingerprint density at radius 3 is 2.65 bits per heavy atom. The summed E-state index contributed by atoms with van der Waals surface area (Å²) in [6.45, 7) is 7.64. The average molecular weight is 454 g/mol. The molecule has 1 atom stereocenters. The molecule has 3 aromatic heterocycles. The molecule has 4 heterocycles. The van der Waals surface area contributed by atoms with Gasteiger partial charge in [0.25, 0.3) is 5.91 Å². The Hall–Kier alpha value is -3.51. The largest absolute Gasteiger partial charge is 0.346 e. The van der Waals surface area contributed by atoms with Gasteiger partial charge in [-0.15, -0.1) is 0 Å². The van der Waals surface area contributed by atoms with Crippen LogP contribution in [0.2, 0.25) is 0 Å². The van der Waals surface area contributed by atoms with Gasteiger partial charge in [0, 0.05) is 53.9 Å². The molecule has 174 valence electrons. The Morgan fingerprint density at radius 2 is 1.91 bits per heavy atom. The van der Waals surface area contributed by atoms with E-state index >= 15 is 0 Å². The van der Waals surface area contributed by atoms with Crippen LogP contribution < -0.4 is 0 Å². The number of carbonyl (C=O) groups excluding carboxylic acids is 1. The molecule has 0 bridgehead atoms. The lowest BCUT2D eigenvalue weighted by Crippen LogP contribution is -2.40. The Kier molecular flexibility index (Phi) is 5.70. The van der Waals surface area contributed by atoms with E-state index in [2.05, 4.69) is 72.1 Å². The fourth-order valence-electron chi connectivity index (χ4n) is 4.92. The Labute approximate surface area is 200 Å². The van der Waals surface area contributed by atoms with Gasteiger partial charge in [-0.3, -0.25) is 9.78 Å². The van der Waals surface area contributed by atoms with Gasteiger partial charge < -0.3 is 14.8 Å². The van der Waals surface area contributed by atoms with Gasteiger partial charge in [-0.05, 0) is 93.4 Å². The Bertz CT molecular complexity index is 1370. The van der Waals surface area contributed by atoms with Gasteiger partial charge in [-0.25, -0.2) is 4.98 Å². The van der Waals surface area contributed by atoms with Crippen molar-refractivity contribution in [1.29, 1.82) is 0 Å². The third-order valence-corrected chi connectivity index (χ3v) is 6.88. The highest BCUT2D eigenvalue weighted by Crippen LogP contribution is 2.34. The highest BCUT2D eigenvalue weighted by Gasteiger charge is 2.31. The van der Waals surface area contributed by atoms with Crippen molar-refractivity contribution in [2.24, 2.45) is 0 Å². The number of rotatable bonds is 5. The minimum Gasteiger partial charge on any atom is -0.346 e. The van der Waals surface area contributed by atoms with E-state index < -0.39 is 0 Å². The zero-order chi connectivity index (χ0) is 24.0. The average Bonchev–Trinajstić information content (AvgIpc) is 3.19. The van der Waals surface area contributed by atoms with Crippen LogP contribution >= 0.6 is 0 Å². The van der Waals surface area contributed by atoms with Gasteiger partial charge in [0.15, 0.2) is 0 Å². The number of H-pyrrole nitrogens is 1. The molecule has 1 amide bonds. The van der Waals surface area contributed by atoms with Crippen LogP contribution in [0.3, 0.4) is 0 Å². The lowest BCUT2D eigenvalue weighted by molar-refractivity contribution is 0.0672. The maximum absolute atomic E-state index is 13.8. The zero-order valence-corrected chi connectivity index (χ0v) is 20.5. The number of nitrogens with zero attached hydrogens (tertiary/aromatic N) is 4. The molecule has 0 saturated heterocycles. The van der Waals surface area contributed by atoms with E-state index in [-0.39, 0.29) is 11.9 Å². The molecule has 0 fully saturated rings. The van der Waals surface area contributed by atoms with Gasteiger partial charge in [0.1, 0.15) is 5.65 Å². The SMILES string of the molecule is Cc1ccc(C(C)N2CCc3c(CN(C)C)cc(-c4cnc5[nH]cc(C)c5c4)cc3C2=O)cn1. The van der Waals surface area contributed by atoms with Gasteiger partial charge in [0.05, 0.1) is 6.04 Å². The number of aromatic nitrogens is 3. The summed E-state index contributed by atoms with van der Waals surface area (Å²) in [4.78, 5) is 30.2. The van der Waals surface area contributed by atoms with E-state index in [0.29, 0.717) is 6.54 Å². The quantitative estimate of drug-likeness (QED) is 0.459. The van der Waals surface area contributed by atoms with E-state index in [1.807, 2.05) is 36.5 Å². The molecule has 34 heavy (non-hydrogen) atoms. The number of aryl methyl sites for hydroxylation is 2. The van der Waals surface area contributed by atoms with Crippen LogP contribution in [0.1, 0.15) is 51.3 Å². The summed E-state index contributed by atoms with van der Waals surface area (Å²) >= 11 is 0. The molecule has 1 unspecified atom stereocenters. The molecule has 6 heteroatoms. The minimum absolute atomic E-state index is 0.0322. The van der Waals surface area contributed by atoms with Crippen molar-refractivity contribution in [3.63, 3.8) is 0 Å². The van der Waals surface area contributed by atoms with Crippen molar-refractivity contribution in [3.8, 4) is 11.1 Å². The standard InChI is InChI=1S/C28H31N5O/c1-17-13-30-27-25(17)12-22(15-31-27)21-10-23(16-32(4)5)24-8-9-33(28(34)26(24)11-21)19(3)20-7-6-18(2)29-14-20/h6-7,10-15,19H,8-9,16H2,1-5H3,(H,30,31). The van der Waals surface area contributed by atoms with Gasteiger partial charge in [-0.2, -0.15) is 0 Å². The molecule has 0 saturated carbocycles. The van der Waals surface area contributed by atoms with Gasteiger partial charge in [-0.1, -0.05) is 6.07 Å². The van der Waals surface area contributed by atoms with E-state index in [4.69, 9.17) is 0 Å². The van der Waals surface area contributed by atoms with Crippen LogP contribution in [-0.2, 0) is 13.0 Å². The van der Waals surface area contributed by atoms with Crippen molar-refractivity contribution in [2.75, 3.05) is 20.6 Å². The third kappa shape index (κ3) is 3.99. The first-order valence-electron chi connectivity index (χ1n) is 11.8. The number of nitrogens with one attached hydrogen (secondary N) is 1. The van der Waals surface area contributed by atoms with Crippen LogP contribution in [-0.4, -0.2) is 51.3 Å². The molecule has 0 radical (unpaired) electrons. The third-order valence-electron chi connectivity index (χ3n) is 6.88. The number of carbonyl (C=O) groups is 1. The van der Waals surface area contributed by atoms with Crippen molar-refractivity contribution >= 4 is 16.9 Å². The summed E-state index contributed by atoms with van der Waals surface area (Å²) in [5.74, 6) is 0.0862. The lowest BCUT2D eigenvalue weighted by atomic mass is 9.88. The monoisotopic (exact) mass is 453 g/mol. The summed E-state index contributed by atoms with van der Waals surface area (Å²) in [7, 11) is 4.14. The number of pyridine rings is 2.